The maximum absolute atomic E-state index is 12.2. The predicted molar refractivity (Wildman–Crippen MR) is 77.4 cm³/mol. The Hall–Kier alpha value is -1.88. The Morgan fingerprint density at radius 3 is 2.79 bits per heavy atom. The predicted octanol–water partition coefficient (Wildman–Crippen LogP) is 2.86. The average molecular weight is 321 g/mol. The number of ether oxygens (including phenoxy) is 1. The summed E-state index contributed by atoms with van der Waals surface area (Å²) in [6.45, 7) is 0. The van der Waals surface area contributed by atoms with Crippen LogP contribution in [-0.4, -0.2) is 17.9 Å². The van der Waals surface area contributed by atoms with Crippen LogP contribution in [0.4, 0.5) is 5.82 Å². The first-order valence-electron chi connectivity index (χ1n) is 5.67. The van der Waals surface area contributed by atoms with Crippen molar-refractivity contribution in [3.05, 3.63) is 52.1 Å². The molecule has 0 radical (unpaired) electrons. The van der Waals surface area contributed by atoms with Gasteiger partial charge in [0, 0.05) is 18.2 Å². The minimum absolute atomic E-state index is 0.0222. The van der Waals surface area contributed by atoms with Gasteiger partial charge in [0.2, 0.25) is 0 Å². The van der Waals surface area contributed by atoms with Crippen LogP contribution in [0.3, 0.4) is 0 Å². The SMILES string of the molecule is COc1ccc(C(=O)Cc2ccnc(N)c2)cc1Br. The molecule has 5 heteroatoms. The van der Waals surface area contributed by atoms with Crippen LogP contribution in [0.15, 0.2) is 41.0 Å². The molecular weight excluding hydrogens is 308 g/mol. The van der Waals surface area contributed by atoms with Crippen LogP contribution in [0.1, 0.15) is 15.9 Å². The van der Waals surface area contributed by atoms with E-state index in [0.29, 0.717) is 23.6 Å². The second kappa shape index (κ2) is 5.84. The monoisotopic (exact) mass is 320 g/mol. The standard InChI is InChI=1S/C14H13BrN2O2/c1-19-13-3-2-10(8-11(13)15)12(18)6-9-4-5-17-14(16)7-9/h2-5,7-8H,6H2,1H3,(H2,16,17). The van der Waals surface area contributed by atoms with Gasteiger partial charge < -0.3 is 10.5 Å². The molecule has 19 heavy (non-hydrogen) atoms. The minimum atomic E-state index is 0.0222. The Morgan fingerprint density at radius 2 is 2.16 bits per heavy atom. The lowest BCUT2D eigenvalue weighted by Crippen LogP contribution is -2.04. The number of nitrogen functional groups attached to an aromatic ring is 1. The Labute approximate surface area is 119 Å². The van der Waals surface area contributed by atoms with E-state index in [4.69, 9.17) is 10.5 Å². The fourth-order valence-electron chi connectivity index (χ4n) is 1.73. The molecule has 0 fully saturated rings. The Kier molecular flexibility index (Phi) is 4.16. The molecule has 0 spiro atoms. The first kappa shape index (κ1) is 13.5. The van der Waals surface area contributed by atoms with E-state index in [9.17, 15) is 4.79 Å². The number of halogens is 1. The van der Waals surface area contributed by atoms with E-state index in [0.717, 1.165) is 10.0 Å². The number of rotatable bonds is 4. The first-order chi connectivity index (χ1) is 9.10. The maximum Gasteiger partial charge on any atom is 0.167 e. The molecule has 0 aliphatic heterocycles. The summed E-state index contributed by atoms with van der Waals surface area (Å²) >= 11 is 3.37. The third-order valence-corrected chi connectivity index (χ3v) is 3.30. The van der Waals surface area contributed by atoms with Gasteiger partial charge in [0.25, 0.3) is 0 Å². The molecule has 0 aliphatic carbocycles. The van der Waals surface area contributed by atoms with Gasteiger partial charge in [-0.15, -0.1) is 0 Å². The Morgan fingerprint density at radius 1 is 1.37 bits per heavy atom. The summed E-state index contributed by atoms with van der Waals surface area (Å²) in [5, 5.41) is 0. The first-order valence-corrected chi connectivity index (χ1v) is 6.46. The lowest BCUT2D eigenvalue weighted by Gasteiger charge is -2.06. The summed E-state index contributed by atoms with van der Waals surface area (Å²) in [4.78, 5) is 16.1. The molecule has 0 unspecified atom stereocenters. The molecule has 0 saturated carbocycles. The van der Waals surface area contributed by atoms with Crippen molar-refractivity contribution >= 4 is 27.5 Å². The fourth-order valence-corrected chi connectivity index (χ4v) is 2.27. The summed E-state index contributed by atoms with van der Waals surface area (Å²) < 4.78 is 5.89. The van der Waals surface area contributed by atoms with Crippen LogP contribution in [0.2, 0.25) is 0 Å². The lowest BCUT2D eigenvalue weighted by molar-refractivity contribution is 0.0993. The highest BCUT2D eigenvalue weighted by Gasteiger charge is 2.10. The Balaban J connectivity index is 2.18. The molecular formula is C14H13BrN2O2. The van der Waals surface area contributed by atoms with Gasteiger partial charge in [0.1, 0.15) is 11.6 Å². The zero-order chi connectivity index (χ0) is 13.8. The van der Waals surface area contributed by atoms with Gasteiger partial charge in [-0.05, 0) is 51.8 Å². The van der Waals surface area contributed by atoms with Crippen molar-refractivity contribution in [3.63, 3.8) is 0 Å². The molecule has 0 amide bonds. The van der Waals surface area contributed by atoms with E-state index in [-0.39, 0.29) is 5.78 Å². The van der Waals surface area contributed by atoms with E-state index in [1.165, 1.54) is 0 Å². The van der Waals surface area contributed by atoms with E-state index < -0.39 is 0 Å². The van der Waals surface area contributed by atoms with Gasteiger partial charge >= 0.3 is 0 Å². The summed E-state index contributed by atoms with van der Waals surface area (Å²) in [5.41, 5.74) is 7.07. The largest absolute Gasteiger partial charge is 0.496 e. The van der Waals surface area contributed by atoms with Crippen LogP contribution in [-0.2, 0) is 6.42 Å². The van der Waals surface area contributed by atoms with Gasteiger partial charge in [-0.1, -0.05) is 0 Å². The molecule has 0 bridgehead atoms. The van der Waals surface area contributed by atoms with Gasteiger partial charge in [-0.3, -0.25) is 4.79 Å². The minimum Gasteiger partial charge on any atom is -0.496 e. The molecule has 1 heterocycles. The number of aromatic nitrogens is 1. The van der Waals surface area contributed by atoms with Crippen LogP contribution < -0.4 is 10.5 Å². The number of carbonyl (C=O) groups excluding carboxylic acids is 1. The van der Waals surface area contributed by atoms with Crippen molar-refractivity contribution in [3.8, 4) is 5.75 Å². The van der Waals surface area contributed by atoms with E-state index in [1.807, 2.05) is 0 Å². The molecule has 2 aromatic rings. The number of carbonyl (C=O) groups is 1. The van der Waals surface area contributed by atoms with E-state index >= 15 is 0 Å². The van der Waals surface area contributed by atoms with Crippen LogP contribution in [0.5, 0.6) is 5.75 Å². The van der Waals surface area contributed by atoms with Gasteiger partial charge in [-0.25, -0.2) is 4.98 Å². The highest BCUT2D eigenvalue weighted by atomic mass is 79.9. The summed E-state index contributed by atoms with van der Waals surface area (Å²) in [6.07, 6.45) is 1.90. The number of hydrogen-bond acceptors (Lipinski definition) is 4. The van der Waals surface area contributed by atoms with Crippen LogP contribution >= 0.6 is 15.9 Å². The number of nitrogens with two attached hydrogens (primary N) is 1. The quantitative estimate of drug-likeness (QED) is 0.880. The Bertz CT molecular complexity index is 614. The van der Waals surface area contributed by atoms with Crippen LogP contribution in [0.25, 0.3) is 0 Å². The number of ketones is 1. The van der Waals surface area contributed by atoms with Crippen LogP contribution in [0, 0.1) is 0 Å². The summed E-state index contributed by atoms with van der Waals surface area (Å²) in [7, 11) is 1.58. The van der Waals surface area contributed by atoms with Crippen molar-refractivity contribution in [2.45, 2.75) is 6.42 Å². The third kappa shape index (κ3) is 3.32. The molecule has 2 N–H and O–H groups in total. The molecule has 1 aromatic heterocycles. The van der Waals surface area contributed by atoms with Crippen molar-refractivity contribution in [2.75, 3.05) is 12.8 Å². The highest BCUT2D eigenvalue weighted by molar-refractivity contribution is 9.10. The van der Waals surface area contributed by atoms with Gasteiger partial charge in [-0.2, -0.15) is 0 Å². The fraction of sp³-hybridized carbons (Fsp3) is 0.143. The zero-order valence-corrected chi connectivity index (χ0v) is 12.0. The van der Waals surface area contributed by atoms with E-state index in [1.54, 1.807) is 43.6 Å². The van der Waals surface area contributed by atoms with Crippen molar-refractivity contribution in [2.24, 2.45) is 0 Å². The van der Waals surface area contributed by atoms with Gasteiger partial charge in [0.05, 0.1) is 11.6 Å². The highest BCUT2D eigenvalue weighted by Crippen LogP contribution is 2.26. The van der Waals surface area contributed by atoms with Crippen molar-refractivity contribution in [1.29, 1.82) is 0 Å². The smallest absolute Gasteiger partial charge is 0.167 e. The molecule has 0 atom stereocenters. The summed E-state index contributed by atoms with van der Waals surface area (Å²) in [5.74, 6) is 1.14. The topological polar surface area (TPSA) is 65.2 Å². The lowest BCUT2D eigenvalue weighted by atomic mass is 10.0. The number of Topliss-reactive ketones (excluding diaryl/α,β-unsaturated/α-hetero) is 1. The van der Waals surface area contributed by atoms with Crippen molar-refractivity contribution in [1.82, 2.24) is 4.98 Å². The third-order valence-electron chi connectivity index (χ3n) is 2.68. The molecule has 1 aromatic carbocycles. The molecule has 4 nitrogen and oxygen atoms in total. The number of nitrogens with zero attached hydrogens (tertiary/aromatic N) is 1. The maximum atomic E-state index is 12.2. The number of anilines is 1. The normalized spacial score (nSPS) is 10.2. The number of pyridine rings is 1. The number of benzene rings is 1. The summed E-state index contributed by atoms with van der Waals surface area (Å²) in [6, 6.07) is 8.75. The van der Waals surface area contributed by atoms with Gasteiger partial charge in [0.15, 0.2) is 5.78 Å². The average Bonchev–Trinajstić information content (AvgIpc) is 2.38. The number of methoxy groups -OCH3 is 1. The van der Waals surface area contributed by atoms with Crippen molar-refractivity contribution < 1.29 is 9.53 Å². The second-order valence-corrected chi connectivity index (χ2v) is 4.89. The second-order valence-electron chi connectivity index (χ2n) is 4.04. The molecule has 98 valence electrons. The van der Waals surface area contributed by atoms with E-state index in [2.05, 4.69) is 20.9 Å². The molecule has 0 aliphatic rings. The molecule has 0 saturated heterocycles. The molecule has 2 rings (SSSR count). The number of hydrogen-bond donors (Lipinski definition) is 1. The zero-order valence-electron chi connectivity index (χ0n) is 10.4.